The molecule has 0 aliphatic heterocycles. The maximum atomic E-state index is 15.2. The van der Waals surface area contributed by atoms with Gasteiger partial charge in [0.2, 0.25) is 0 Å². The van der Waals surface area contributed by atoms with Crippen LogP contribution in [0.3, 0.4) is 0 Å². The van der Waals surface area contributed by atoms with Crippen molar-refractivity contribution < 1.29 is 24.5 Å². The van der Waals surface area contributed by atoms with E-state index in [0.717, 1.165) is 66.6 Å². The molecule has 7 saturated carbocycles. The Hall–Kier alpha value is -3.22. The van der Waals surface area contributed by atoms with Crippen LogP contribution >= 0.6 is 0 Å². The van der Waals surface area contributed by atoms with Gasteiger partial charge in [0, 0.05) is 33.9 Å². The molecule has 292 valence electrons. The molecule has 8 atom stereocenters. The number of hydrogen-bond donors (Lipinski definition) is 2. The molecule has 55 heavy (non-hydrogen) atoms. The second-order valence-corrected chi connectivity index (χ2v) is 20.6. The summed E-state index contributed by atoms with van der Waals surface area (Å²) >= 11 is 0. The third kappa shape index (κ3) is 5.11. The highest BCUT2D eigenvalue weighted by Crippen LogP contribution is 2.78. The molecule has 6 heteroatoms. The number of benzene rings is 2. The molecule has 1 amide bonds. The predicted molar refractivity (Wildman–Crippen MR) is 214 cm³/mol. The Balaban J connectivity index is 1.02. The number of aliphatic hydroxyl groups excluding tert-OH is 1. The average molecular weight is 744 g/mol. The lowest BCUT2D eigenvalue weighted by Crippen LogP contribution is -2.67. The molecular weight excluding hydrogens is 683 g/mol. The third-order valence-electron chi connectivity index (χ3n) is 17.9. The molecule has 8 unspecified atom stereocenters. The molecule has 0 radical (unpaired) electrons. The van der Waals surface area contributed by atoms with Crippen LogP contribution < -0.4 is 0 Å². The number of rotatable bonds is 8. The van der Waals surface area contributed by atoms with Crippen molar-refractivity contribution in [3.05, 3.63) is 84.0 Å². The Morgan fingerprint density at radius 3 is 2.05 bits per heavy atom. The lowest BCUT2D eigenvalue weighted by Gasteiger charge is -2.71. The summed E-state index contributed by atoms with van der Waals surface area (Å²) in [6.45, 7) is 7.89. The van der Waals surface area contributed by atoms with Gasteiger partial charge in [0.15, 0.2) is 5.78 Å². The van der Waals surface area contributed by atoms with Crippen LogP contribution in [-0.4, -0.2) is 58.4 Å². The Kier molecular flexibility index (Phi) is 8.14. The van der Waals surface area contributed by atoms with Gasteiger partial charge in [-0.1, -0.05) is 86.7 Å². The highest BCUT2D eigenvalue weighted by Gasteiger charge is 2.74. The van der Waals surface area contributed by atoms with E-state index in [1.807, 2.05) is 42.2 Å². The summed E-state index contributed by atoms with van der Waals surface area (Å²) < 4.78 is 5.78. The van der Waals surface area contributed by atoms with E-state index in [9.17, 15) is 15.0 Å². The molecule has 2 aromatic carbocycles. The number of fused-ring (bicyclic) bond motifs is 1. The van der Waals surface area contributed by atoms with E-state index in [-0.39, 0.29) is 46.5 Å². The van der Waals surface area contributed by atoms with Crippen LogP contribution in [0.1, 0.15) is 115 Å². The van der Waals surface area contributed by atoms with E-state index in [0.29, 0.717) is 31.6 Å². The Labute approximate surface area is 327 Å². The van der Waals surface area contributed by atoms with E-state index >= 15 is 4.79 Å². The highest BCUT2D eigenvalue weighted by molar-refractivity contribution is 6.10. The molecule has 2 N–H and O–H groups in total. The minimum Gasteiger partial charge on any atom is -0.450 e. The highest BCUT2D eigenvalue weighted by atomic mass is 16.6. The summed E-state index contributed by atoms with van der Waals surface area (Å²) in [5, 5.41) is 24.4. The van der Waals surface area contributed by atoms with E-state index in [1.165, 1.54) is 38.5 Å². The van der Waals surface area contributed by atoms with Crippen molar-refractivity contribution in [2.24, 2.45) is 56.7 Å². The van der Waals surface area contributed by atoms with E-state index in [2.05, 4.69) is 56.3 Å². The summed E-state index contributed by atoms with van der Waals surface area (Å²) in [7, 11) is 0. The monoisotopic (exact) mass is 743 g/mol. The van der Waals surface area contributed by atoms with Gasteiger partial charge in [0.1, 0.15) is 0 Å². The quantitative estimate of drug-likeness (QED) is 0.208. The van der Waals surface area contributed by atoms with Crippen molar-refractivity contribution in [2.75, 3.05) is 19.7 Å². The van der Waals surface area contributed by atoms with Gasteiger partial charge >= 0.3 is 6.09 Å². The molecule has 12 rings (SSSR count). The first-order chi connectivity index (χ1) is 26.3. The molecular formula is C49H61NO5. The van der Waals surface area contributed by atoms with Crippen LogP contribution in [0.15, 0.2) is 78.4 Å². The fraction of sp³-hybridized carbons (Fsp3) is 0.633. The molecule has 7 fully saturated rings. The molecule has 2 spiro atoms. The molecule has 6 nitrogen and oxygen atoms in total. The van der Waals surface area contributed by atoms with Crippen LogP contribution in [0.4, 0.5) is 4.79 Å². The van der Waals surface area contributed by atoms with Gasteiger partial charge in [0.05, 0.1) is 24.9 Å². The molecule has 10 aliphatic rings. The maximum Gasteiger partial charge on any atom is 0.409 e. The van der Waals surface area contributed by atoms with Gasteiger partial charge in [-0.05, 0) is 142 Å². The van der Waals surface area contributed by atoms with E-state index < -0.39 is 22.5 Å². The second-order valence-electron chi connectivity index (χ2n) is 20.6. The maximum absolute atomic E-state index is 15.2. The van der Waals surface area contributed by atoms with E-state index in [4.69, 9.17) is 4.74 Å². The smallest absolute Gasteiger partial charge is 0.409 e. The number of aliphatic hydroxyl groups is 2. The molecule has 0 aromatic heterocycles. The van der Waals surface area contributed by atoms with Crippen LogP contribution in [0.25, 0.3) is 11.1 Å². The van der Waals surface area contributed by atoms with Crippen LogP contribution in [-0.2, 0) is 4.74 Å². The molecule has 0 saturated heterocycles. The number of ketones is 1. The summed E-state index contributed by atoms with van der Waals surface area (Å²) in [5.74, 6) is 2.65. The first kappa shape index (κ1) is 36.1. The van der Waals surface area contributed by atoms with Crippen molar-refractivity contribution in [3.8, 4) is 11.1 Å². The Bertz CT molecular complexity index is 1900. The van der Waals surface area contributed by atoms with Crippen LogP contribution in [0, 0.1) is 56.7 Å². The van der Waals surface area contributed by atoms with Crippen molar-refractivity contribution in [1.82, 2.24) is 4.90 Å². The van der Waals surface area contributed by atoms with E-state index in [1.54, 1.807) is 0 Å². The zero-order valence-electron chi connectivity index (χ0n) is 33.3. The fourth-order valence-corrected chi connectivity index (χ4v) is 15.8. The van der Waals surface area contributed by atoms with Crippen molar-refractivity contribution in [3.63, 3.8) is 0 Å². The molecule has 2 aromatic rings. The minimum atomic E-state index is -1.11. The van der Waals surface area contributed by atoms with Gasteiger partial charge < -0.3 is 19.8 Å². The predicted octanol–water partition coefficient (Wildman–Crippen LogP) is 9.80. The standard InChI is InChI=1S/C49H61NO5/c1-4-55-43(53)50(30-46-25-32-22-33(26-46)24-34(23-32)27-46)31-48(54)19-16-41-45(48,3)18-15-40-44(2)17-14-38(51)28-47(44)20-21-49(40,41)39(29-47)42(52)37-12-10-36(11-13-37)35-8-6-5-7-9-35/h5-13,20-21,29,32-34,38,40-41,51,54H,4,14-19,22-28,30-31H2,1-3H3. The Morgan fingerprint density at radius 2 is 1.38 bits per heavy atom. The zero-order valence-corrected chi connectivity index (χ0v) is 33.3. The Morgan fingerprint density at radius 1 is 0.764 bits per heavy atom. The van der Waals surface area contributed by atoms with Gasteiger partial charge in [-0.3, -0.25) is 4.79 Å². The van der Waals surface area contributed by atoms with Crippen LogP contribution in [0.5, 0.6) is 0 Å². The van der Waals surface area contributed by atoms with Crippen molar-refractivity contribution in [1.29, 1.82) is 0 Å². The zero-order chi connectivity index (χ0) is 38.0. The first-order valence-corrected chi connectivity index (χ1v) is 21.8. The van der Waals surface area contributed by atoms with Crippen molar-refractivity contribution >= 4 is 11.9 Å². The van der Waals surface area contributed by atoms with Gasteiger partial charge in [0.25, 0.3) is 0 Å². The number of carbonyl (C=O) groups is 2. The molecule has 6 bridgehead atoms. The van der Waals surface area contributed by atoms with Gasteiger partial charge in [-0.25, -0.2) is 4.79 Å². The first-order valence-electron chi connectivity index (χ1n) is 21.8. The summed E-state index contributed by atoms with van der Waals surface area (Å²) in [4.78, 5) is 31.1. The number of hydrogen-bond acceptors (Lipinski definition) is 5. The molecule has 0 heterocycles. The number of amides is 1. The number of ether oxygens (including phenoxy) is 1. The number of allylic oxidation sites excluding steroid dienone is 4. The molecule has 10 aliphatic carbocycles. The van der Waals surface area contributed by atoms with Crippen LogP contribution in [0.2, 0.25) is 0 Å². The number of Topliss-reactive ketones (excluding diaryl/α,β-unsaturated/α-hetero) is 1. The lowest BCUT2D eigenvalue weighted by molar-refractivity contribution is -0.177. The summed E-state index contributed by atoms with van der Waals surface area (Å²) in [6.07, 6.45) is 19.5. The largest absolute Gasteiger partial charge is 0.450 e. The van der Waals surface area contributed by atoms with Gasteiger partial charge in [-0.2, -0.15) is 0 Å². The fourth-order valence-electron chi connectivity index (χ4n) is 15.8. The topological polar surface area (TPSA) is 87.1 Å². The second kappa shape index (κ2) is 12.4. The van der Waals surface area contributed by atoms with Crippen molar-refractivity contribution in [2.45, 2.75) is 116 Å². The number of carbonyl (C=O) groups excluding carboxylic acids is 2. The van der Waals surface area contributed by atoms with Gasteiger partial charge in [-0.15, -0.1) is 0 Å². The average Bonchev–Trinajstić information content (AvgIpc) is 3.43. The lowest BCUT2D eigenvalue weighted by atomic mass is 9.32. The minimum absolute atomic E-state index is 0.0318. The normalized spacial score (nSPS) is 44.3. The third-order valence-corrected chi connectivity index (χ3v) is 17.9. The number of nitrogens with zero attached hydrogens (tertiary/aromatic N) is 1. The summed E-state index contributed by atoms with van der Waals surface area (Å²) in [5.41, 5.74) is 1.25. The SMILES string of the molecule is CCOC(=O)N(CC12CC3CC(CC(C3)C1)C2)CC1(O)CCC2C34C=CC5(C=C3C(=O)c3ccc(-c6ccccc6)cc3)CC(O)CCC5(C)C4CCC21C. The summed E-state index contributed by atoms with van der Waals surface area (Å²) in [6, 6.07) is 18.4.